The Labute approximate surface area is 81.7 Å². The zero-order chi connectivity index (χ0) is 4.00. The van der Waals surface area contributed by atoms with Crippen molar-refractivity contribution >= 4 is 18.5 Å². The standard InChI is InChI=1S/CH5P.CH4P.K/c2*1-2;/h2H2,1H3;1-2H2;/q;-1;+1. The second kappa shape index (κ2) is 31.5. The Morgan fingerprint density at radius 3 is 1.20 bits per heavy atom. The molecule has 2 unspecified atom stereocenters. The summed E-state index contributed by atoms with van der Waals surface area (Å²) in [5, 5.41) is 0. The maximum absolute atomic E-state index is 3.17. The van der Waals surface area contributed by atoms with Crippen LogP contribution in [-0.4, -0.2) is 6.66 Å². The molecule has 0 radical (unpaired) electrons. The fourth-order valence-corrected chi connectivity index (χ4v) is 0. The van der Waals surface area contributed by atoms with Gasteiger partial charge in [0.1, 0.15) is 0 Å². The van der Waals surface area contributed by atoms with Crippen LogP contribution in [-0.2, 0) is 0 Å². The van der Waals surface area contributed by atoms with Gasteiger partial charge in [-0.2, -0.15) is 0 Å². The molecule has 0 aromatic carbocycles. The van der Waals surface area contributed by atoms with Gasteiger partial charge in [-0.25, -0.2) is 0 Å². The minimum Gasteiger partial charge on any atom is -0.323 e. The fourth-order valence-electron chi connectivity index (χ4n) is 0. The second-order valence-electron chi connectivity index (χ2n) is 0. The van der Waals surface area contributed by atoms with Crippen LogP contribution < -0.4 is 51.4 Å². The largest absolute Gasteiger partial charge is 1.00 e. The SMILES string of the molecule is CP.[CH2-]P.[K+]. The quantitative estimate of drug-likeness (QED) is 0.207. The van der Waals surface area contributed by atoms with Crippen LogP contribution in [0, 0.1) is 6.66 Å². The van der Waals surface area contributed by atoms with Crippen LogP contribution in [0.2, 0.25) is 0 Å². The van der Waals surface area contributed by atoms with Gasteiger partial charge in [0.25, 0.3) is 0 Å². The van der Waals surface area contributed by atoms with Crippen LogP contribution in [0.15, 0.2) is 0 Å². The predicted octanol–water partition coefficient (Wildman–Crippen LogP) is -1.85. The monoisotopic (exact) mass is 134 g/mol. The number of hydrogen-bond donors (Lipinski definition) is 0. The minimum atomic E-state index is 0. The van der Waals surface area contributed by atoms with Crippen molar-refractivity contribution in [1.82, 2.24) is 0 Å². The topological polar surface area (TPSA) is 0 Å². The Balaban J connectivity index is -0.0000000133. The molecule has 28 valence electrons. The van der Waals surface area contributed by atoms with Gasteiger partial charge in [0.15, 0.2) is 0 Å². The second-order valence-corrected chi connectivity index (χ2v) is 0. The summed E-state index contributed by atoms with van der Waals surface area (Å²) in [6.45, 7) is 5.08. The summed E-state index contributed by atoms with van der Waals surface area (Å²) in [4.78, 5) is 0. The predicted molar refractivity (Wildman–Crippen MR) is 30.7 cm³/mol. The molecule has 0 fully saturated rings. The maximum atomic E-state index is 3.17. The Kier molecular flexibility index (Phi) is 98.6. The van der Waals surface area contributed by atoms with Crippen LogP contribution in [0.1, 0.15) is 0 Å². The van der Waals surface area contributed by atoms with Crippen molar-refractivity contribution in [3.8, 4) is 0 Å². The third-order valence-corrected chi connectivity index (χ3v) is 0. The molecule has 3 heteroatoms. The summed E-state index contributed by atoms with van der Waals surface area (Å²) in [6, 6.07) is 0. The van der Waals surface area contributed by atoms with E-state index in [2.05, 4.69) is 25.1 Å². The average molecular weight is 134 g/mol. The van der Waals surface area contributed by atoms with E-state index in [1.54, 1.807) is 0 Å². The molecule has 0 aromatic heterocycles. The molecule has 0 heterocycles. The van der Waals surface area contributed by atoms with Gasteiger partial charge >= 0.3 is 51.4 Å². The molecule has 0 saturated carbocycles. The van der Waals surface area contributed by atoms with Gasteiger partial charge in [0, 0.05) is 0 Å². The number of hydrogen-bond acceptors (Lipinski definition) is 0. The van der Waals surface area contributed by atoms with Crippen molar-refractivity contribution in [2.24, 2.45) is 0 Å². The van der Waals surface area contributed by atoms with Crippen molar-refractivity contribution in [2.45, 2.75) is 0 Å². The molecule has 0 amide bonds. The normalized spacial score (nSPS) is 2.40. The van der Waals surface area contributed by atoms with Crippen molar-refractivity contribution in [1.29, 1.82) is 0 Å². The Morgan fingerprint density at radius 1 is 1.20 bits per heavy atom. The van der Waals surface area contributed by atoms with E-state index in [4.69, 9.17) is 0 Å². The zero-order valence-electron chi connectivity index (χ0n) is 3.86. The summed E-state index contributed by atoms with van der Waals surface area (Å²) in [5.41, 5.74) is 0. The molecule has 0 aliphatic rings. The first-order chi connectivity index (χ1) is 2.00. The van der Waals surface area contributed by atoms with Crippen molar-refractivity contribution in [3.63, 3.8) is 0 Å². The van der Waals surface area contributed by atoms with E-state index in [1.807, 2.05) is 6.66 Å². The first-order valence-corrected chi connectivity index (χ1v) is 2.96. The Bertz CT molecular complexity index is 7.61. The van der Waals surface area contributed by atoms with Gasteiger partial charge in [-0.3, -0.25) is 0 Å². The molecule has 0 bridgehead atoms. The summed E-state index contributed by atoms with van der Waals surface area (Å²) in [5.74, 6) is 0. The van der Waals surface area contributed by atoms with Gasteiger partial charge in [0.2, 0.25) is 0 Å². The molecule has 0 N–H and O–H groups in total. The third-order valence-electron chi connectivity index (χ3n) is 0. The third kappa shape index (κ3) is 21.1. The van der Waals surface area contributed by atoms with E-state index >= 15 is 0 Å². The van der Waals surface area contributed by atoms with Crippen molar-refractivity contribution in [2.75, 3.05) is 6.66 Å². The van der Waals surface area contributed by atoms with Gasteiger partial charge in [-0.1, -0.05) is 6.66 Å². The fraction of sp³-hybridized carbons (Fsp3) is 0.500. The molecule has 5 heavy (non-hydrogen) atoms. The molecular weight excluding hydrogens is 125 g/mol. The molecule has 0 rings (SSSR count). The number of rotatable bonds is 0. The molecule has 2 atom stereocenters. The maximum Gasteiger partial charge on any atom is 1.00 e. The van der Waals surface area contributed by atoms with E-state index in [-0.39, 0.29) is 51.4 Å². The first-order valence-electron chi connectivity index (χ1n) is 0.986. The van der Waals surface area contributed by atoms with E-state index < -0.39 is 0 Å². The Morgan fingerprint density at radius 2 is 1.20 bits per heavy atom. The Hall–Kier alpha value is 2.50. The van der Waals surface area contributed by atoms with Crippen LogP contribution >= 0.6 is 18.5 Å². The molecule has 0 nitrogen and oxygen atoms in total. The van der Waals surface area contributed by atoms with Crippen LogP contribution in [0.5, 0.6) is 0 Å². The van der Waals surface area contributed by atoms with Gasteiger partial charge in [-0.05, 0) is 0 Å². The van der Waals surface area contributed by atoms with Crippen LogP contribution in [0.25, 0.3) is 0 Å². The molecule has 0 aliphatic carbocycles. The molecular formula is C2H9KP2. The van der Waals surface area contributed by atoms with Gasteiger partial charge in [-0.15, -0.1) is 9.24 Å². The van der Waals surface area contributed by atoms with E-state index in [0.717, 1.165) is 0 Å². The molecule has 0 spiro atoms. The summed E-state index contributed by atoms with van der Waals surface area (Å²) >= 11 is 0. The van der Waals surface area contributed by atoms with Crippen LogP contribution in [0.4, 0.5) is 0 Å². The van der Waals surface area contributed by atoms with E-state index in [0.29, 0.717) is 0 Å². The minimum absolute atomic E-state index is 0. The summed E-state index contributed by atoms with van der Waals surface area (Å²) in [6.07, 6.45) is 0. The van der Waals surface area contributed by atoms with Crippen molar-refractivity contribution < 1.29 is 51.4 Å². The average Bonchev–Trinajstić information content (AvgIpc) is 1.50. The molecule has 0 aromatic rings. The molecule has 0 aliphatic heterocycles. The summed E-state index contributed by atoms with van der Waals surface area (Å²) < 4.78 is 0. The first kappa shape index (κ1) is 15.6. The van der Waals surface area contributed by atoms with Gasteiger partial charge in [0.05, 0.1) is 0 Å². The van der Waals surface area contributed by atoms with E-state index in [1.165, 1.54) is 0 Å². The smallest absolute Gasteiger partial charge is 0.323 e. The van der Waals surface area contributed by atoms with E-state index in [9.17, 15) is 0 Å². The van der Waals surface area contributed by atoms with Crippen LogP contribution in [0.3, 0.4) is 0 Å². The zero-order valence-corrected chi connectivity index (χ0v) is 9.29. The van der Waals surface area contributed by atoms with Gasteiger partial charge < -0.3 is 15.9 Å². The molecule has 0 saturated heterocycles. The summed E-state index contributed by atoms with van der Waals surface area (Å²) in [7, 11) is 4.58. The van der Waals surface area contributed by atoms with Crippen molar-refractivity contribution in [3.05, 3.63) is 6.66 Å².